The predicted molar refractivity (Wildman–Crippen MR) is 115 cm³/mol. The Bertz CT molecular complexity index is 929. The summed E-state index contributed by atoms with van der Waals surface area (Å²) >= 11 is 0. The van der Waals surface area contributed by atoms with Gasteiger partial charge in [-0.1, -0.05) is 0 Å². The van der Waals surface area contributed by atoms with E-state index >= 15 is 0 Å². The highest BCUT2D eigenvalue weighted by molar-refractivity contribution is 7.43. The summed E-state index contributed by atoms with van der Waals surface area (Å²) in [4.78, 5) is 80.1. The van der Waals surface area contributed by atoms with E-state index in [1.165, 1.54) is 13.8 Å². The second-order valence-electron chi connectivity index (χ2n) is 8.37. The number of aliphatic hydroxyl groups excluding tert-OH is 2. The average molecular weight is 569 g/mol. The van der Waals surface area contributed by atoms with Gasteiger partial charge in [-0.3, -0.25) is 19.2 Å². The average Bonchev–Trinajstić information content (AvgIpc) is 2.78. The maximum absolute atomic E-state index is 12.6. The lowest BCUT2D eigenvalue weighted by Crippen LogP contribution is -2.66. The molecule has 1 unspecified atom stereocenters. The Labute approximate surface area is 216 Å². The molecule has 1 rings (SSSR count). The molecule has 1 aliphatic heterocycles. The maximum Gasteiger partial charge on any atom is 0.249 e. The molecule has 0 saturated carbocycles. The second-order valence-corrected chi connectivity index (χ2v) is 9.53. The van der Waals surface area contributed by atoms with E-state index in [-0.39, 0.29) is 6.42 Å². The Morgan fingerprint density at radius 1 is 1.11 bits per heavy atom. The molecule has 8 atom stereocenters. The van der Waals surface area contributed by atoms with Gasteiger partial charge >= 0.3 is 0 Å². The fourth-order valence-electron chi connectivity index (χ4n) is 3.32. The highest BCUT2D eigenvalue weighted by Gasteiger charge is 2.47. The number of carboxylic acids is 1. The lowest BCUT2D eigenvalue weighted by atomic mass is 9.96. The summed E-state index contributed by atoms with van der Waals surface area (Å²) in [5.41, 5.74) is 5.14. The standard InChI is InChI=1S/C19H33N4O14P/c1-7(17(29)23-10(16(20)28)4-5-12(25)26)21-18(30)8(2)36-15-13(22-9(3)24)19(31)37-11(14(15)27)6-35-38(32,33)34/h7-8,10-11,13-15,19,27,31H,4-6H2,1-3H3,(H2,20,28)(H,21,30)(H,22,24)(H,23,29)(H,25,26)(H2,32,33,34)/p-3/t7-,8+,10+,11+,13+,14+,15+,19?/m0/s1. The number of hydrogen-bond donors (Lipinski definition) is 6. The van der Waals surface area contributed by atoms with E-state index in [0.29, 0.717) is 0 Å². The van der Waals surface area contributed by atoms with Gasteiger partial charge in [0, 0.05) is 12.9 Å². The van der Waals surface area contributed by atoms with Gasteiger partial charge < -0.3 is 70.1 Å². The Morgan fingerprint density at radius 2 is 1.71 bits per heavy atom. The van der Waals surface area contributed by atoms with Gasteiger partial charge in [0.15, 0.2) is 6.29 Å². The van der Waals surface area contributed by atoms with Crippen LogP contribution in [-0.2, 0) is 42.5 Å². The van der Waals surface area contributed by atoms with E-state index < -0.39 is 99.3 Å². The molecule has 19 heteroatoms. The van der Waals surface area contributed by atoms with Crippen LogP contribution >= 0.6 is 7.82 Å². The van der Waals surface area contributed by atoms with Gasteiger partial charge in [0.05, 0.1) is 14.4 Å². The number of nitrogens with two attached hydrogens (primary N) is 1. The number of carboxylic acid groups (broad SMARTS) is 1. The van der Waals surface area contributed by atoms with E-state index in [9.17, 15) is 53.6 Å². The molecule has 18 nitrogen and oxygen atoms in total. The molecule has 218 valence electrons. The molecule has 0 aliphatic carbocycles. The minimum Gasteiger partial charge on any atom is -0.790 e. The zero-order valence-electron chi connectivity index (χ0n) is 20.6. The van der Waals surface area contributed by atoms with Gasteiger partial charge in [-0.25, -0.2) is 0 Å². The highest BCUT2D eigenvalue weighted by atomic mass is 31.2. The van der Waals surface area contributed by atoms with Crippen LogP contribution in [0.15, 0.2) is 0 Å². The summed E-state index contributed by atoms with van der Waals surface area (Å²) in [7, 11) is -5.48. The van der Waals surface area contributed by atoms with Crippen LogP contribution < -0.4 is 36.6 Å². The summed E-state index contributed by atoms with van der Waals surface area (Å²) in [6.07, 6.45) is -9.31. The van der Waals surface area contributed by atoms with Crippen LogP contribution in [-0.4, -0.2) is 95.2 Å². The smallest absolute Gasteiger partial charge is 0.249 e. The van der Waals surface area contributed by atoms with Crippen molar-refractivity contribution in [1.82, 2.24) is 16.0 Å². The monoisotopic (exact) mass is 569 g/mol. The third-order valence-electron chi connectivity index (χ3n) is 5.24. The van der Waals surface area contributed by atoms with Gasteiger partial charge in [-0.15, -0.1) is 0 Å². The lowest BCUT2D eigenvalue weighted by molar-refractivity contribution is -0.346. The van der Waals surface area contributed by atoms with Crippen molar-refractivity contribution in [2.75, 3.05) is 6.61 Å². The molecule has 1 fully saturated rings. The van der Waals surface area contributed by atoms with E-state index in [0.717, 1.165) is 6.92 Å². The normalized spacial score (nSPS) is 25.9. The van der Waals surface area contributed by atoms with E-state index in [2.05, 4.69) is 20.5 Å². The van der Waals surface area contributed by atoms with Gasteiger partial charge in [0.25, 0.3) is 0 Å². The number of primary amides is 1. The molecule has 4 amide bonds. The van der Waals surface area contributed by atoms with Crippen LogP contribution in [0.5, 0.6) is 0 Å². The van der Waals surface area contributed by atoms with Crippen molar-refractivity contribution in [1.29, 1.82) is 0 Å². The Balaban J connectivity index is 2.90. The number of nitrogens with one attached hydrogen (secondary N) is 3. The van der Waals surface area contributed by atoms with Gasteiger partial charge in [-0.2, -0.15) is 0 Å². The molecule has 38 heavy (non-hydrogen) atoms. The topological polar surface area (TPSA) is 302 Å². The Morgan fingerprint density at radius 3 is 2.21 bits per heavy atom. The van der Waals surface area contributed by atoms with Crippen LogP contribution in [0, 0.1) is 0 Å². The number of ether oxygens (including phenoxy) is 2. The Kier molecular flexibility index (Phi) is 12.7. The summed E-state index contributed by atoms with van der Waals surface area (Å²) in [6.45, 7) is 2.47. The second kappa shape index (κ2) is 14.5. The third-order valence-corrected chi connectivity index (χ3v) is 5.70. The van der Waals surface area contributed by atoms with E-state index in [4.69, 9.17) is 15.2 Å². The quantitative estimate of drug-likeness (QED) is 0.106. The van der Waals surface area contributed by atoms with Gasteiger partial charge in [-0.05, 0) is 26.7 Å². The number of phosphoric ester groups is 1. The van der Waals surface area contributed by atoms with Crippen LogP contribution in [0.4, 0.5) is 0 Å². The summed E-state index contributed by atoms with van der Waals surface area (Å²) in [6, 6.07) is -4.11. The van der Waals surface area contributed by atoms with Crippen LogP contribution in [0.1, 0.15) is 33.6 Å². The summed E-state index contributed by atoms with van der Waals surface area (Å²) in [5, 5.41) is 38.1. The number of aliphatic carboxylic acids is 1. The predicted octanol–water partition coefficient (Wildman–Crippen LogP) is -6.81. The lowest BCUT2D eigenvalue weighted by Gasteiger charge is -2.44. The molecule has 0 bridgehead atoms. The van der Waals surface area contributed by atoms with Crippen molar-refractivity contribution in [3.8, 4) is 0 Å². The SMILES string of the molecule is CC(=O)N[C@H]1C(O)O[C@H](COP(=O)([O-])[O-])[C@@H](O)[C@@H]1O[C@H](C)C(=O)N[C@@H](C)C(=O)N[C@H](CCC(=O)[O-])C(N)=O. The fourth-order valence-corrected chi connectivity index (χ4v) is 3.65. The van der Waals surface area contributed by atoms with Crippen molar-refractivity contribution in [3.63, 3.8) is 0 Å². The number of carbonyl (C=O) groups excluding carboxylic acids is 5. The molecule has 1 saturated heterocycles. The molecule has 1 aliphatic rings. The molecular weight excluding hydrogens is 539 g/mol. The van der Waals surface area contributed by atoms with Crippen molar-refractivity contribution in [2.45, 2.75) is 82.4 Å². The molecule has 0 spiro atoms. The summed E-state index contributed by atoms with van der Waals surface area (Å²) < 4.78 is 25.4. The molecule has 0 radical (unpaired) electrons. The number of hydrogen-bond acceptors (Lipinski definition) is 14. The van der Waals surface area contributed by atoms with Crippen molar-refractivity contribution < 1.29 is 67.6 Å². The van der Waals surface area contributed by atoms with Gasteiger partial charge in [0.2, 0.25) is 23.6 Å². The van der Waals surface area contributed by atoms with Crippen molar-refractivity contribution >= 4 is 37.4 Å². The van der Waals surface area contributed by atoms with Crippen molar-refractivity contribution in [3.05, 3.63) is 0 Å². The van der Waals surface area contributed by atoms with Crippen molar-refractivity contribution in [2.24, 2.45) is 5.73 Å². The molecular formula is C19H30N4O14P-3. The molecule has 0 aromatic rings. The third kappa shape index (κ3) is 11.0. The number of rotatable bonds is 14. The fraction of sp³-hybridized carbons (Fsp3) is 0.737. The zero-order valence-corrected chi connectivity index (χ0v) is 21.5. The summed E-state index contributed by atoms with van der Waals surface area (Å²) in [5.74, 6) is -5.03. The first-order valence-electron chi connectivity index (χ1n) is 11.1. The van der Waals surface area contributed by atoms with Crippen LogP contribution in [0.25, 0.3) is 0 Å². The van der Waals surface area contributed by atoms with Crippen LogP contribution in [0.3, 0.4) is 0 Å². The first-order chi connectivity index (χ1) is 17.4. The molecule has 1 heterocycles. The highest BCUT2D eigenvalue weighted by Crippen LogP contribution is 2.29. The van der Waals surface area contributed by atoms with E-state index in [1.807, 2.05) is 0 Å². The first kappa shape index (κ1) is 33.3. The number of amides is 4. The maximum atomic E-state index is 12.6. The van der Waals surface area contributed by atoms with E-state index in [1.54, 1.807) is 0 Å². The zero-order chi connectivity index (χ0) is 29.4. The minimum absolute atomic E-state index is 0.350. The molecule has 0 aromatic heterocycles. The van der Waals surface area contributed by atoms with Crippen LogP contribution in [0.2, 0.25) is 0 Å². The Hall–Kier alpha value is -2.70. The largest absolute Gasteiger partial charge is 0.790 e. The number of phosphoric acid groups is 1. The first-order valence-corrected chi connectivity index (χ1v) is 12.6. The number of carbonyl (C=O) groups is 5. The molecule has 0 aromatic carbocycles. The minimum atomic E-state index is -5.48. The molecule has 7 N–H and O–H groups in total. The van der Waals surface area contributed by atoms with Gasteiger partial charge in [0.1, 0.15) is 42.5 Å². The number of aliphatic hydroxyl groups is 2.